The fourth-order valence-electron chi connectivity index (χ4n) is 4.22. The summed E-state index contributed by atoms with van der Waals surface area (Å²) in [6.45, 7) is 1.86. The summed E-state index contributed by atoms with van der Waals surface area (Å²) in [6.07, 6.45) is 4.53. The Hall–Kier alpha value is -3.33. The van der Waals surface area contributed by atoms with E-state index in [-0.39, 0.29) is 23.3 Å². The van der Waals surface area contributed by atoms with Crippen molar-refractivity contribution in [3.63, 3.8) is 0 Å². The maximum absolute atomic E-state index is 13.2. The predicted molar refractivity (Wildman–Crippen MR) is 123 cm³/mol. The molecule has 0 radical (unpaired) electrons. The molecule has 0 saturated carbocycles. The van der Waals surface area contributed by atoms with Crippen LogP contribution in [0, 0.1) is 6.92 Å². The Balaban J connectivity index is 1.47. The average Bonchev–Trinajstić information content (AvgIpc) is 2.80. The Bertz CT molecular complexity index is 1190. The summed E-state index contributed by atoms with van der Waals surface area (Å²) in [6, 6.07) is 11.1. The number of nitrogens with one attached hydrogen (secondary N) is 2. The van der Waals surface area contributed by atoms with Crippen molar-refractivity contribution in [3.05, 3.63) is 71.6 Å². The van der Waals surface area contributed by atoms with E-state index in [1.54, 1.807) is 19.2 Å². The van der Waals surface area contributed by atoms with Crippen LogP contribution >= 0.6 is 0 Å². The van der Waals surface area contributed by atoms with E-state index in [1.807, 2.05) is 25.1 Å². The quantitative estimate of drug-likeness (QED) is 0.674. The zero-order valence-electron chi connectivity index (χ0n) is 18.6. The summed E-state index contributed by atoms with van der Waals surface area (Å²) in [5, 5.41) is 5.49. The molecule has 2 N–H and O–H groups in total. The smallest absolute Gasteiger partial charge is 0.264 e. The van der Waals surface area contributed by atoms with Gasteiger partial charge < -0.3 is 15.4 Å². The summed E-state index contributed by atoms with van der Waals surface area (Å²) < 4.78 is 32.6. The van der Waals surface area contributed by atoms with Gasteiger partial charge in [0, 0.05) is 18.4 Å². The highest BCUT2D eigenvalue weighted by atomic mass is 32.2. The second-order valence-electron chi connectivity index (χ2n) is 8.33. The van der Waals surface area contributed by atoms with E-state index in [9.17, 15) is 18.0 Å². The lowest BCUT2D eigenvalue weighted by Gasteiger charge is -2.32. The van der Waals surface area contributed by atoms with Crippen LogP contribution in [0.2, 0.25) is 0 Å². The normalized spacial score (nSPS) is 20.1. The van der Waals surface area contributed by atoms with E-state index < -0.39 is 22.0 Å². The van der Waals surface area contributed by atoms with Crippen LogP contribution in [0.5, 0.6) is 5.75 Å². The Morgan fingerprint density at radius 2 is 1.94 bits per heavy atom. The molecule has 0 aromatic heterocycles. The number of hydrogen-bond acceptors (Lipinski definition) is 5. The number of hydrogen-bond donors (Lipinski definition) is 2. The Kier molecular flexibility index (Phi) is 6.42. The van der Waals surface area contributed by atoms with Gasteiger partial charge in [0.05, 0.1) is 18.4 Å². The first-order chi connectivity index (χ1) is 15.8. The van der Waals surface area contributed by atoms with Crippen molar-refractivity contribution in [1.82, 2.24) is 14.9 Å². The van der Waals surface area contributed by atoms with Gasteiger partial charge in [0.25, 0.3) is 10.0 Å². The number of methoxy groups -OCH3 is 1. The minimum absolute atomic E-state index is 0.0655. The van der Waals surface area contributed by atoms with Crippen LogP contribution in [0.25, 0.3) is 0 Å². The third-order valence-corrected chi connectivity index (χ3v) is 7.84. The molecule has 1 aliphatic heterocycles. The van der Waals surface area contributed by atoms with Gasteiger partial charge >= 0.3 is 0 Å². The van der Waals surface area contributed by atoms with Crippen LogP contribution in [0.1, 0.15) is 29.5 Å². The molecular formula is C24H27N3O5S. The second-order valence-corrected chi connectivity index (χ2v) is 10.2. The topological polar surface area (TPSA) is 105 Å². The number of fused-ring (bicyclic) bond motifs is 1. The maximum Gasteiger partial charge on any atom is 0.264 e. The summed E-state index contributed by atoms with van der Waals surface area (Å²) in [4.78, 5) is 25.5. The third-order valence-electron chi connectivity index (χ3n) is 6.04. The predicted octanol–water partition coefficient (Wildman–Crippen LogP) is 2.03. The van der Waals surface area contributed by atoms with E-state index in [2.05, 4.69) is 10.6 Å². The van der Waals surface area contributed by atoms with Crippen LogP contribution < -0.4 is 15.4 Å². The van der Waals surface area contributed by atoms with E-state index >= 15 is 0 Å². The monoisotopic (exact) mass is 469 g/mol. The molecule has 174 valence electrons. The summed E-state index contributed by atoms with van der Waals surface area (Å²) in [5.41, 5.74) is 3.27. The molecule has 9 heteroatoms. The third kappa shape index (κ3) is 4.88. The van der Waals surface area contributed by atoms with Crippen LogP contribution in [-0.2, 0) is 32.5 Å². The fourth-order valence-corrected chi connectivity index (χ4v) is 5.67. The summed E-state index contributed by atoms with van der Waals surface area (Å²) >= 11 is 0. The van der Waals surface area contributed by atoms with Crippen molar-refractivity contribution >= 4 is 21.8 Å². The first-order valence-corrected chi connectivity index (χ1v) is 12.2. The molecule has 2 aliphatic rings. The SMILES string of the molecule is COc1ccc2c(c1)C[C@H](NC(=O)CC1C(=O)NC=CN1S(=O)(=O)c1ccc(C)cc1)CC2. The minimum Gasteiger partial charge on any atom is -0.497 e. The number of benzene rings is 2. The lowest BCUT2D eigenvalue weighted by molar-refractivity contribution is -0.129. The summed E-state index contributed by atoms with van der Waals surface area (Å²) in [7, 11) is -2.38. The Morgan fingerprint density at radius 1 is 1.18 bits per heavy atom. The van der Waals surface area contributed by atoms with Gasteiger partial charge in [-0.25, -0.2) is 8.42 Å². The highest BCUT2D eigenvalue weighted by molar-refractivity contribution is 7.89. The zero-order valence-corrected chi connectivity index (χ0v) is 19.4. The zero-order chi connectivity index (χ0) is 23.6. The van der Waals surface area contributed by atoms with Crippen LogP contribution in [0.15, 0.2) is 59.8 Å². The maximum atomic E-state index is 13.2. The number of carbonyl (C=O) groups excluding carboxylic acids is 2. The van der Waals surface area contributed by atoms with Gasteiger partial charge in [-0.2, -0.15) is 0 Å². The first-order valence-electron chi connectivity index (χ1n) is 10.8. The lowest BCUT2D eigenvalue weighted by Crippen LogP contribution is -2.52. The molecule has 33 heavy (non-hydrogen) atoms. The summed E-state index contributed by atoms with van der Waals surface area (Å²) in [5.74, 6) is -0.142. The number of ether oxygens (including phenoxy) is 1. The van der Waals surface area contributed by atoms with Gasteiger partial charge in [0.2, 0.25) is 11.8 Å². The fraction of sp³-hybridized carbons (Fsp3) is 0.333. The largest absolute Gasteiger partial charge is 0.497 e. The van der Waals surface area contributed by atoms with E-state index in [1.165, 1.54) is 30.1 Å². The molecule has 0 bridgehead atoms. The average molecular weight is 470 g/mol. The molecule has 2 atom stereocenters. The minimum atomic E-state index is -4.00. The second kappa shape index (κ2) is 9.27. The van der Waals surface area contributed by atoms with Crippen molar-refractivity contribution < 1.29 is 22.7 Å². The van der Waals surface area contributed by atoms with Crippen molar-refractivity contribution in [2.45, 2.75) is 49.6 Å². The van der Waals surface area contributed by atoms with Crippen molar-refractivity contribution in [2.24, 2.45) is 0 Å². The number of rotatable bonds is 6. The Labute approximate surface area is 193 Å². The number of sulfonamides is 1. The molecule has 0 saturated heterocycles. The molecule has 1 unspecified atom stereocenters. The molecule has 1 heterocycles. The first kappa shape index (κ1) is 22.8. The number of carbonyl (C=O) groups is 2. The molecular weight excluding hydrogens is 442 g/mol. The number of aryl methyl sites for hydroxylation is 2. The van der Waals surface area contributed by atoms with Crippen molar-refractivity contribution in [3.8, 4) is 5.75 Å². The van der Waals surface area contributed by atoms with Gasteiger partial charge in [-0.3, -0.25) is 13.9 Å². The van der Waals surface area contributed by atoms with Crippen molar-refractivity contribution in [1.29, 1.82) is 0 Å². The lowest BCUT2D eigenvalue weighted by atomic mass is 9.88. The molecule has 2 aromatic rings. The van der Waals surface area contributed by atoms with E-state index in [0.717, 1.165) is 34.0 Å². The molecule has 8 nitrogen and oxygen atoms in total. The van der Waals surface area contributed by atoms with Crippen LogP contribution in [0.4, 0.5) is 0 Å². The van der Waals surface area contributed by atoms with Gasteiger partial charge in [-0.15, -0.1) is 0 Å². The molecule has 0 spiro atoms. The van der Waals surface area contributed by atoms with Gasteiger partial charge in [0.1, 0.15) is 11.8 Å². The van der Waals surface area contributed by atoms with Gasteiger partial charge in [-0.1, -0.05) is 23.8 Å². The molecule has 0 fully saturated rings. The molecule has 2 aromatic carbocycles. The van der Waals surface area contributed by atoms with Crippen molar-refractivity contribution in [2.75, 3.05) is 7.11 Å². The highest BCUT2D eigenvalue weighted by Gasteiger charge is 2.37. The van der Waals surface area contributed by atoms with Gasteiger partial charge in [0.15, 0.2) is 0 Å². The van der Waals surface area contributed by atoms with E-state index in [4.69, 9.17) is 4.74 Å². The number of nitrogens with zero attached hydrogens (tertiary/aromatic N) is 1. The van der Waals surface area contributed by atoms with Gasteiger partial charge in [-0.05, 0) is 61.6 Å². The number of amides is 2. The molecule has 2 amide bonds. The highest BCUT2D eigenvalue weighted by Crippen LogP contribution is 2.26. The van der Waals surface area contributed by atoms with Crippen LogP contribution in [-0.4, -0.2) is 43.7 Å². The van der Waals surface area contributed by atoms with E-state index in [0.29, 0.717) is 6.42 Å². The molecule has 4 rings (SSSR count). The molecule has 1 aliphatic carbocycles. The standard InChI is InChI=1S/C24H27N3O5S/c1-16-3-9-21(10-4-16)33(30,31)27-12-11-25-24(29)22(27)15-23(28)26-19-7-5-17-6-8-20(32-2)14-18(17)13-19/h3-4,6,8-12,14,19,22H,5,7,13,15H2,1-2H3,(H,25,29)(H,26,28)/t19-,22?/m1/s1. The Morgan fingerprint density at radius 3 is 2.67 bits per heavy atom. The van der Waals surface area contributed by atoms with Crippen LogP contribution in [0.3, 0.4) is 0 Å².